The van der Waals surface area contributed by atoms with Gasteiger partial charge in [0.1, 0.15) is 5.75 Å². The van der Waals surface area contributed by atoms with Crippen molar-refractivity contribution in [3.05, 3.63) is 29.8 Å². The third-order valence-corrected chi connectivity index (χ3v) is 3.52. The molecule has 5 nitrogen and oxygen atoms in total. The maximum absolute atomic E-state index is 12.2. The topological polar surface area (TPSA) is 67.4 Å². The van der Waals surface area contributed by atoms with Crippen LogP contribution in [0.15, 0.2) is 24.3 Å². The fourth-order valence-electron chi connectivity index (χ4n) is 2.10. The first-order valence-corrected chi connectivity index (χ1v) is 6.26. The number of nitrogens with one attached hydrogen (secondary N) is 2. The number of hydrogen-bond acceptors (Lipinski definition) is 3. The molecule has 1 aliphatic rings. The van der Waals surface area contributed by atoms with Gasteiger partial charge in [0, 0.05) is 7.05 Å². The Morgan fingerprint density at radius 1 is 1.26 bits per heavy atom. The Hall–Kier alpha value is -2.04. The van der Waals surface area contributed by atoms with E-state index in [1.165, 1.54) is 0 Å². The van der Waals surface area contributed by atoms with Crippen LogP contribution in [0.3, 0.4) is 0 Å². The Bertz CT molecular complexity index is 478. The highest BCUT2D eigenvalue weighted by Crippen LogP contribution is 2.48. The smallest absolute Gasteiger partial charge is 0.239 e. The van der Waals surface area contributed by atoms with Crippen molar-refractivity contribution in [2.75, 3.05) is 20.7 Å². The number of carbonyl (C=O) groups is 2. The van der Waals surface area contributed by atoms with E-state index in [0.717, 1.165) is 24.2 Å². The molecule has 0 spiro atoms. The molecule has 1 saturated carbocycles. The van der Waals surface area contributed by atoms with Gasteiger partial charge in [-0.15, -0.1) is 0 Å². The highest BCUT2D eigenvalue weighted by Gasteiger charge is 2.51. The second kappa shape index (κ2) is 5.30. The van der Waals surface area contributed by atoms with E-state index in [0.29, 0.717) is 0 Å². The van der Waals surface area contributed by atoms with Gasteiger partial charge in [-0.05, 0) is 30.5 Å². The molecule has 102 valence electrons. The van der Waals surface area contributed by atoms with E-state index < -0.39 is 5.41 Å². The zero-order valence-electron chi connectivity index (χ0n) is 11.2. The van der Waals surface area contributed by atoms with Crippen molar-refractivity contribution in [1.82, 2.24) is 10.6 Å². The first-order chi connectivity index (χ1) is 9.12. The van der Waals surface area contributed by atoms with Crippen molar-refractivity contribution in [3.63, 3.8) is 0 Å². The van der Waals surface area contributed by atoms with Crippen molar-refractivity contribution < 1.29 is 14.3 Å². The van der Waals surface area contributed by atoms with Crippen LogP contribution in [0.2, 0.25) is 0 Å². The summed E-state index contributed by atoms with van der Waals surface area (Å²) in [7, 11) is 3.16. The Kier molecular flexibility index (Phi) is 3.74. The van der Waals surface area contributed by atoms with Gasteiger partial charge in [0.25, 0.3) is 0 Å². The number of benzene rings is 1. The minimum Gasteiger partial charge on any atom is -0.497 e. The molecule has 1 aliphatic carbocycles. The molecule has 1 aromatic carbocycles. The van der Waals surface area contributed by atoms with Crippen molar-refractivity contribution in [2.45, 2.75) is 18.3 Å². The Labute approximate surface area is 112 Å². The van der Waals surface area contributed by atoms with Crippen LogP contribution >= 0.6 is 0 Å². The predicted octanol–water partition coefficient (Wildman–Crippen LogP) is 0.589. The Morgan fingerprint density at radius 2 is 1.89 bits per heavy atom. The van der Waals surface area contributed by atoms with Crippen LogP contribution in [0.25, 0.3) is 0 Å². The first-order valence-electron chi connectivity index (χ1n) is 6.26. The SMILES string of the molecule is CNC(=O)CNC(=O)C1(c2ccc(OC)cc2)CC1. The van der Waals surface area contributed by atoms with Crippen LogP contribution in [-0.4, -0.2) is 32.5 Å². The average molecular weight is 262 g/mol. The molecule has 19 heavy (non-hydrogen) atoms. The molecular formula is C14H18N2O3. The Balaban J connectivity index is 2.05. The lowest BCUT2D eigenvalue weighted by Gasteiger charge is -2.15. The van der Waals surface area contributed by atoms with E-state index in [1.807, 2.05) is 24.3 Å². The molecule has 0 aromatic heterocycles. The van der Waals surface area contributed by atoms with E-state index in [2.05, 4.69) is 10.6 Å². The molecule has 0 saturated heterocycles. The van der Waals surface area contributed by atoms with Crippen molar-refractivity contribution in [3.8, 4) is 5.75 Å². The van der Waals surface area contributed by atoms with Crippen LogP contribution in [0.5, 0.6) is 5.75 Å². The number of methoxy groups -OCH3 is 1. The maximum atomic E-state index is 12.2. The lowest BCUT2D eigenvalue weighted by molar-refractivity contribution is -0.127. The number of carbonyl (C=O) groups excluding carboxylic acids is 2. The molecule has 0 bridgehead atoms. The van der Waals surface area contributed by atoms with Crippen LogP contribution in [0, 0.1) is 0 Å². The molecule has 2 amide bonds. The second-order valence-corrected chi connectivity index (χ2v) is 4.67. The average Bonchev–Trinajstić information content (AvgIpc) is 3.26. The van der Waals surface area contributed by atoms with Gasteiger partial charge in [-0.25, -0.2) is 0 Å². The maximum Gasteiger partial charge on any atom is 0.239 e. The number of likely N-dealkylation sites (N-methyl/N-ethyl adjacent to an activating group) is 1. The highest BCUT2D eigenvalue weighted by atomic mass is 16.5. The minimum atomic E-state index is -0.458. The number of ether oxygens (including phenoxy) is 1. The van der Waals surface area contributed by atoms with Gasteiger partial charge in [0.05, 0.1) is 19.1 Å². The van der Waals surface area contributed by atoms with Gasteiger partial charge in [0.15, 0.2) is 0 Å². The van der Waals surface area contributed by atoms with E-state index >= 15 is 0 Å². The predicted molar refractivity (Wildman–Crippen MR) is 71.0 cm³/mol. The van der Waals surface area contributed by atoms with Crippen LogP contribution in [-0.2, 0) is 15.0 Å². The van der Waals surface area contributed by atoms with E-state index in [1.54, 1.807) is 14.2 Å². The minimum absolute atomic E-state index is 0.0211. The molecule has 0 radical (unpaired) electrons. The van der Waals surface area contributed by atoms with Gasteiger partial charge < -0.3 is 15.4 Å². The standard InChI is InChI=1S/C14H18N2O3/c1-15-12(17)9-16-13(18)14(7-8-14)10-3-5-11(19-2)6-4-10/h3-6H,7-9H2,1-2H3,(H,15,17)(H,16,18). The monoisotopic (exact) mass is 262 g/mol. The number of hydrogen-bond donors (Lipinski definition) is 2. The molecule has 0 aliphatic heterocycles. The summed E-state index contributed by atoms with van der Waals surface area (Å²) in [4.78, 5) is 23.3. The van der Waals surface area contributed by atoms with Crippen LogP contribution in [0.4, 0.5) is 0 Å². The summed E-state index contributed by atoms with van der Waals surface area (Å²) in [5, 5.41) is 5.16. The lowest BCUT2D eigenvalue weighted by Crippen LogP contribution is -2.40. The second-order valence-electron chi connectivity index (χ2n) is 4.67. The molecule has 5 heteroatoms. The van der Waals surface area contributed by atoms with Crippen LogP contribution in [0.1, 0.15) is 18.4 Å². The molecule has 2 N–H and O–H groups in total. The van der Waals surface area contributed by atoms with Crippen LogP contribution < -0.4 is 15.4 Å². The summed E-state index contributed by atoms with van der Waals surface area (Å²) in [6.07, 6.45) is 1.64. The van der Waals surface area contributed by atoms with E-state index in [4.69, 9.17) is 4.74 Å². The highest BCUT2D eigenvalue weighted by molar-refractivity contribution is 5.93. The third kappa shape index (κ3) is 2.70. The van der Waals surface area contributed by atoms with Gasteiger partial charge in [-0.2, -0.15) is 0 Å². The van der Waals surface area contributed by atoms with Gasteiger partial charge >= 0.3 is 0 Å². The largest absolute Gasteiger partial charge is 0.497 e. The molecule has 0 heterocycles. The summed E-state index contributed by atoms with van der Waals surface area (Å²) in [6.45, 7) is 0.0211. The van der Waals surface area contributed by atoms with Crippen molar-refractivity contribution in [2.24, 2.45) is 0 Å². The molecule has 1 fully saturated rings. The zero-order chi connectivity index (χ0) is 13.9. The summed E-state index contributed by atoms with van der Waals surface area (Å²) in [5.74, 6) is 0.491. The van der Waals surface area contributed by atoms with Gasteiger partial charge in [-0.1, -0.05) is 12.1 Å². The summed E-state index contributed by atoms with van der Waals surface area (Å²) in [5.41, 5.74) is 0.517. The molecule has 1 aromatic rings. The number of rotatable bonds is 5. The summed E-state index contributed by atoms with van der Waals surface area (Å²) < 4.78 is 5.10. The van der Waals surface area contributed by atoms with Gasteiger partial charge in [-0.3, -0.25) is 9.59 Å². The first kappa shape index (κ1) is 13.4. The van der Waals surface area contributed by atoms with Crippen molar-refractivity contribution >= 4 is 11.8 Å². The lowest BCUT2D eigenvalue weighted by atomic mass is 9.95. The third-order valence-electron chi connectivity index (χ3n) is 3.52. The number of amides is 2. The van der Waals surface area contributed by atoms with Crippen molar-refractivity contribution in [1.29, 1.82) is 0 Å². The molecule has 0 atom stereocenters. The normalized spacial score (nSPS) is 15.5. The summed E-state index contributed by atoms with van der Waals surface area (Å²) >= 11 is 0. The van der Waals surface area contributed by atoms with E-state index in [-0.39, 0.29) is 18.4 Å². The zero-order valence-corrected chi connectivity index (χ0v) is 11.2. The molecule has 0 unspecified atom stereocenters. The van der Waals surface area contributed by atoms with E-state index in [9.17, 15) is 9.59 Å². The van der Waals surface area contributed by atoms with Gasteiger partial charge in [0.2, 0.25) is 11.8 Å². The fraction of sp³-hybridized carbons (Fsp3) is 0.429. The molecule has 2 rings (SSSR count). The Morgan fingerprint density at radius 3 is 2.37 bits per heavy atom. The fourth-order valence-corrected chi connectivity index (χ4v) is 2.10. The molecular weight excluding hydrogens is 244 g/mol. The summed E-state index contributed by atoms with van der Waals surface area (Å²) in [6, 6.07) is 7.51. The quantitative estimate of drug-likeness (QED) is 0.816.